The summed E-state index contributed by atoms with van der Waals surface area (Å²) in [5.41, 5.74) is 0.311. The molecule has 1 N–H and O–H groups in total. The fourth-order valence-electron chi connectivity index (χ4n) is 3.28. The summed E-state index contributed by atoms with van der Waals surface area (Å²) in [7, 11) is 1.63. The van der Waals surface area contributed by atoms with Gasteiger partial charge in [0.25, 0.3) is 5.91 Å². The van der Waals surface area contributed by atoms with Crippen LogP contribution in [-0.4, -0.2) is 55.1 Å². The second kappa shape index (κ2) is 7.76. The summed E-state index contributed by atoms with van der Waals surface area (Å²) in [6, 6.07) is 7.71. The average molecular weight is 359 g/mol. The van der Waals surface area contributed by atoms with Gasteiger partial charge in [-0.2, -0.15) is 0 Å². The molecule has 0 saturated carbocycles. The van der Waals surface area contributed by atoms with Crippen LogP contribution >= 0.6 is 0 Å². The van der Waals surface area contributed by atoms with Crippen LogP contribution in [0.2, 0.25) is 0 Å². The Morgan fingerprint density at radius 3 is 2.58 bits per heavy atom. The molecule has 7 heteroatoms. The maximum Gasteiger partial charge on any atom is 0.409 e. The first-order chi connectivity index (χ1) is 12.6. The van der Waals surface area contributed by atoms with E-state index in [-0.39, 0.29) is 12.0 Å². The first-order valence-corrected chi connectivity index (χ1v) is 9.01. The van der Waals surface area contributed by atoms with Gasteiger partial charge >= 0.3 is 6.09 Å². The van der Waals surface area contributed by atoms with E-state index in [9.17, 15) is 9.59 Å². The third-order valence-corrected chi connectivity index (χ3v) is 4.84. The van der Waals surface area contributed by atoms with Gasteiger partial charge in [-0.25, -0.2) is 4.79 Å². The molecule has 7 nitrogen and oxygen atoms in total. The van der Waals surface area contributed by atoms with Crippen molar-refractivity contribution in [1.82, 2.24) is 10.2 Å². The standard InChI is InChI=1S/C19H25N3O4/c1-3-12-26-18(24)22-10-8-19(9-11-22)17(23)20-16(21-19)13-14-4-6-15(25-2)7-5-14/h4-7H,3,8-13H2,1-2H3,(H,20,21,23). The van der Waals surface area contributed by atoms with E-state index in [1.807, 2.05) is 31.2 Å². The van der Waals surface area contributed by atoms with Crippen molar-refractivity contribution in [2.75, 3.05) is 26.8 Å². The number of likely N-dealkylation sites (tertiary alicyclic amines) is 1. The van der Waals surface area contributed by atoms with Gasteiger partial charge in [0.05, 0.1) is 13.7 Å². The Bertz CT molecular complexity index is 691. The highest BCUT2D eigenvalue weighted by molar-refractivity contribution is 6.09. The van der Waals surface area contributed by atoms with E-state index in [0.29, 0.717) is 44.8 Å². The van der Waals surface area contributed by atoms with Crippen molar-refractivity contribution in [2.24, 2.45) is 4.99 Å². The average Bonchev–Trinajstić information content (AvgIpc) is 2.95. The lowest BCUT2D eigenvalue weighted by molar-refractivity contribution is -0.125. The van der Waals surface area contributed by atoms with E-state index >= 15 is 0 Å². The SMILES string of the molecule is CCCOC(=O)N1CCC2(CC1)N=C(Cc1ccc(OC)cc1)NC2=O. The third-order valence-electron chi connectivity index (χ3n) is 4.84. The lowest BCUT2D eigenvalue weighted by Gasteiger charge is -2.34. The fraction of sp³-hybridized carbons (Fsp3) is 0.526. The van der Waals surface area contributed by atoms with E-state index < -0.39 is 5.54 Å². The first-order valence-electron chi connectivity index (χ1n) is 9.01. The van der Waals surface area contributed by atoms with Gasteiger partial charge in [-0.05, 0) is 37.0 Å². The predicted octanol–water partition coefficient (Wildman–Crippen LogP) is 2.15. The minimum atomic E-state index is -0.747. The minimum Gasteiger partial charge on any atom is -0.497 e. The molecule has 0 bridgehead atoms. The van der Waals surface area contributed by atoms with Gasteiger partial charge < -0.3 is 19.7 Å². The third kappa shape index (κ3) is 3.81. The number of rotatable bonds is 5. The molecule has 1 spiro atoms. The number of benzene rings is 1. The molecule has 0 aromatic heterocycles. The van der Waals surface area contributed by atoms with Crippen LogP contribution in [0.4, 0.5) is 4.79 Å². The number of amidine groups is 1. The Labute approximate surface area is 153 Å². The smallest absolute Gasteiger partial charge is 0.409 e. The number of methoxy groups -OCH3 is 1. The number of nitrogens with one attached hydrogen (secondary N) is 1. The minimum absolute atomic E-state index is 0.0670. The lowest BCUT2D eigenvalue weighted by atomic mass is 9.88. The van der Waals surface area contributed by atoms with Gasteiger partial charge in [0.2, 0.25) is 0 Å². The lowest BCUT2D eigenvalue weighted by Crippen LogP contribution is -2.50. The zero-order valence-corrected chi connectivity index (χ0v) is 15.3. The Balaban J connectivity index is 1.61. The number of carbonyl (C=O) groups excluding carboxylic acids is 2. The van der Waals surface area contributed by atoms with E-state index in [1.165, 1.54) is 0 Å². The number of carbonyl (C=O) groups is 2. The summed E-state index contributed by atoms with van der Waals surface area (Å²) in [4.78, 5) is 30.8. The topological polar surface area (TPSA) is 80.2 Å². The molecule has 1 fully saturated rings. The molecule has 0 atom stereocenters. The summed E-state index contributed by atoms with van der Waals surface area (Å²) < 4.78 is 10.3. The summed E-state index contributed by atoms with van der Waals surface area (Å²) in [6.45, 7) is 3.34. The molecule has 3 rings (SSSR count). The zero-order valence-electron chi connectivity index (χ0n) is 15.3. The Hall–Kier alpha value is -2.57. The van der Waals surface area contributed by atoms with E-state index in [4.69, 9.17) is 14.5 Å². The molecular formula is C19H25N3O4. The molecule has 0 radical (unpaired) electrons. The van der Waals surface area contributed by atoms with Gasteiger partial charge in [0.1, 0.15) is 17.1 Å². The Morgan fingerprint density at radius 2 is 1.96 bits per heavy atom. The van der Waals surface area contributed by atoms with Crippen LogP contribution in [0.15, 0.2) is 29.3 Å². The molecule has 0 aliphatic carbocycles. The van der Waals surface area contributed by atoms with Crippen molar-refractivity contribution < 1.29 is 19.1 Å². The molecule has 2 aliphatic rings. The largest absolute Gasteiger partial charge is 0.497 e. The molecule has 1 saturated heterocycles. The normalized spacial score (nSPS) is 18.5. The van der Waals surface area contributed by atoms with Gasteiger partial charge in [0.15, 0.2) is 0 Å². The second-order valence-corrected chi connectivity index (χ2v) is 6.67. The molecule has 140 valence electrons. The summed E-state index contributed by atoms with van der Waals surface area (Å²) >= 11 is 0. The van der Waals surface area contributed by atoms with Crippen molar-refractivity contribution >= 4 is 17.8 Å². The van der Waals surface area contributed by atoms with Crippen molar-refractivity contribution in [2.45, 2.75) is 38.1 Å². The predicted molar refractivity (Wildman–Crippen MR) is 97.5 cm³/mol. The number of nitrogens with zero attached hydrogens (tertiary/aromatic N) is 2. The summed E-state index contributed by atoms with van der Waals surface area (Å²) in [6.07, 6.45) is 2.10. The van der Waals surface area contributed by atoms with Crippen molar-refractivity contribution in [3.63, 3.8) is 0 Å². The highest BCUT2D eigenvalue weighted by Crippen LogP contribution is 2.30. The van der Waals surface area contributed by atoms with Crippen LogP contribution in [0.1, 0.15) is 31.7 Å². The molecule has 1 aromatic rings. The van der Waals surface area contributed by atoms with Crippen LogP contribution in [0.3, 0.4) is 0 Å². The number of piperidine rings is 1. The summed E-state index contributed by atoms with van der Waals surface area (Å²) in [5.74, 6) is 1.41. The Kier molecular flexibility index (Phi) is 5.44. The van der Waals surface area contributed by atoms with E-state index in [0.717, 1.165) is 17.7 Å². The summed E-state index contributed by atoms with van der Waals surface area (Å²) in [5, 5.41) is 2.91. The highest BCUT2D eigenvalue weighted by Gasteiger charge is 2.46. The van der Waals surface area contributed by atoms with Crippen LogP contribution in [0, 0.1) is 0 Å². The number of hydrogen-bond donors (Lipinski definition) is 1. The maximum atomic E-state index is 12.5. The number of hydrogen-bond acceptors (Lipinski definition) is 5. The van der Waals surface area contributed by atoms with Crippen LogP contribution in [0.25, 0.3) is 0 Å². The maximum absolute atomic E-state index is 12.5. The van der Waals surface area contributed by atoms with Gasteiger partial charge in [-0.3, -0.25) is 9.79 Å². The highest BCUT2D eigenvalue weighted by atomic mass is 16.6. The van der Waals surface area contributed by atoms with Gasteiger partial charge in [0, 0.05) is 19.5 Å². The van der Waals surface area contributed by atoms with Crippen molar-refractivity contribution in [1.29, 1.82) is 0 Å². The number of aliphatic imine (C=N–C) groups is 1. The van der Waals surface area contributed by atoms with Crippen LogP contribution in [0.5, 0.6) is 5.75 Å². The van der Waals surface area contributed by atoms with Crippen molar-refractivity contribution in [3.8, 4) is 5.75 Å². The van der Waals surface area contributed by atoms with Gasteiger partial charge in [-0.1, -0.05) is 19.1 Å². The molecule has 2 aliphatic heterocycles. The van der Waals surface area contributed by atoms with E-state index in [1.54, 1.807) is 12.0 Å². The quantitative estimate of drug-likeness (QED) is 0.873. The first kappa shape index (κ1) is 18.2. The number of amides is 2. The van der Waals surface area contributed by atoms with Gasteiger partial charge in [-0.15, -0.1) is 0 Å². The van der Waals surface area contributed by atoms with Crippen molar-refractivity contribution in [3.05, 3.63) is 29.8 Å². The molecule has 2 amide bonds. The molecule has 2 heterocycles. The van der Waals surface area contributed by atoms with Crippen LogP contribution < -0.4 is 10.1 Å². The fourth-order valence-corrected chi connectivity index (χ4v) is 3.28. The molecule has 1 aromatic carbocycles. The second-order valence-electron chi connectivity index (χ2n) is 6.67. The molecular weight excluding hydrogens is 334 g/mol. The molecule has 0 unspecified atom stereocenters. The number of ether oxygens (including phenoxy) is 2. The van der Waals surface area contributed by atoms with Crippen LogP contribution in [-0.2, 0) is 16.0 Å². The molecule has 26 heavy (non-hydrogen) atoms. The van der Waals surface area contributed by atoms with E-state index in [2.05, 4.69) is 5.32 Å². The monoisotopic (exact) mass is 359 g/mol. The zero-order chi connectivity index (χ0) is 18.6. The Morgan fingerprint density at radius 1 is 1.27 bits per heavy atom.